The second-order valence-corrected chi connectivity index (χ2v) is 4.82. The summed E-state index contributed by atoms with van der Waals surface area (Å²) in [5.74, 6) is -3.70. The molecule has 7 nitrogen and oxygen atoms in total. The third kappa shape index (κ3) is 3.96. The minimum atomic E-state index is -5.97. The van der Waals surface area contributed by atoms with Crippen LogP contribution in [0.2, 0.25) is 0 Å². The number of alkyl halides is 2. The van der Waals surface area contributed by atoms with E-state index in [9.17, 15) is 26.8 Å². The van der Waals surface area contributed by atoms with E-state index in [1.54, 1.807) is 6.07 Å². The van der Waals surface area contributed by atoms with E-state index in [2.05, 4.69) is 9.47 Å². The summed E-state index contributed by atoms with van der Waals surface area (Å²) < 4.78 is 62.4. The Hall–Kier alpha value is -2.07. The second-order valence-electron chi connectivity index (χ2n) is 3.36. The minimum Gasteiger partial charge on any atom is -0.448 e. The van der Waals surface area contributed by atoms with Gasteiger partial charge < -0.3 is 9.47 Å². The maximum atomic E-state index is 12.7. The van der Waals surface area contributed by atoms with E-state index in [0.29, 0.717) is 0 Å². The number of carbonyl (C=O) groups is 2. The molecule has 0 spiro atoms. The molecule has 0 saturated heterocycles. The van der Waals surface area contributed by atoms with Crippen molar-refractivity contribution in [2.75, 3.05) is 6.61 Å². The van der Waals surface area contributed by atoms with Gasteiger partial charge in [-0.05, 0) is 12.1 Å². The molecule has 0 aliphatic heterocycles. The van der Waals surface area contributed by atoms with Gasteiger partial charge in [-0.3, -0.25) is 4.55 Å². The van der Waals surface area contributed by atoms with E-state index >= 15 is 0 Å². The zero-order valence-electron chi connectivity index (χ0n) is 9.65. The van der Waals surface area contributed by atoms with Crippen LogP contribution in [0.3, 0.4) is 0 Å². The molecule has 0 aliphatic carbocycles. The summed E-state index contributed by atoms with van der Waals surface area (Å²) in [6, 6.07) is 7.45. The highest BCUT2D eigenvalue weighted by molar-refractivity contribution is 7.87. The number of benzene rings is 1. The van der Waals surface area contributed by atoms with Crippen LogP contribution >= 0.6 is 0 Å². The smallest absolute Gasteiger partial charge is 0.448 e. The largest absolute Gasteiger partial charge is 0.465 e. The normalized spacial score (nSPS) is 11.8. The first kappa shape index (κ1) is 16.0. The monoisotopic (exact) mass is 310 g/mol. The summed E-state index contributed by atoms with van der Waals surface area (Å²) in [6.45, 7) is -1.24. The Morgan fingerprint density at radius 3 is 2.25 bits per heavy atom. The third-order valence-electron chi connectivity index (χ3n) is 1.86. The average molecular weight is 310 g/mol. The molecule has 110 valence electrons. The number of hydrogen-bond donors (Lipinski definition) is 1. The number of esters is 2. The highest BCUT2D eigenvalue weighted by Crippen LogP contribution is 2.22. The molecule has 0 heterocycles. The van der Waals surface area contributed by atoms with Gasteiger partial charge in [0.2, 0.25) is 0 Å². The van der Waals surface area contributed by atoms with Gasteiger partial charge in [-0.25, -0.2) is 9.59 Å². The first-order chi connectivity index (χ1) is 9.14. The Morgan fingerprint density at radius 1 is 1.20 bits per heavy atom. The predicted molar refractivity (Wildman–Crippen MR) is 59.5 cm³/mol. The van der Waals surface area contributed by atoms with Crippen molar-refractivity contribution in [3.8, 4) is 5.75 Å². The fourth-order valence-electron chi connectivity index (χ4n) is 0.963. The quantitative estimate of drug-likeness (QED) is 0.482. The number of carbonyl (C=O) groups excluding carboxylic acids is 2. The Morgan fingerprint density at radius 2 is 1.75 bits per heavy atom. The molecule has 0 amide bonds. The lowest BCUT2D eigenvalue weighted by Gasteiger charge is -2.11. The molecule has 1 aromatic rings. The summed E-state index contributed by atoms with van der Waals surface area (Å²) in [5, 5.41) is -5.15. The fraction of sp³-hybridized carbons (Fsp3) is 0.200. The van der Waals surface area contributed by atoms with Crippen LogP contribution in [-0.2, 0) is 24.4 Å². The molecule has 20 heavy (non-hydrogen) atoms. The van der Waals surface area contributed by atoms with Crippen molar-refractivity contribution in [3.63, 3.8) is 0 Å². The minimum absolute atomic E-state index is 0.0788. The maximum Gasteiger partial charge on any atom is 0.465 e. The first-order valence-electron chi connectivity index (χ1n) is 4.92. The lowest BCUT2D eigenvalue weighted by Crippen LogP contribution is -2.40. The van der Waals surface area contributed by atoms with Crippen LogP contribution in [0.5, 0.6) is 5.75 Å². The van der Waals surface area contributed by atoms with Crippen molar-refractivity contribution >= 4 is 22.1 Å². The molecule has 0 unspecified atom stereocenters. The van der Waals surface area contributed by atoms with Crippen LogP contribution in [0.15, 0.2) is 30.3 Å². The molecule has 0 radical (unpaired) electrons. The summed E-state index contributed by atoms with van der Waals surface area (Å²) in [4.78, 5) is 21.9. The van der Waals surface area contributed by atoms with Gasteiger partial charge >= 0.3 is 27.3 Å². The molecule has 0 saturated carbocycles. The van der Waals surface area contributed by atoms with Gasteiger partial charge in [0, 0.05) is 0 Å². The molecular weight excluding hydrogens is 302 g/mol. The van der Waals surface area contributed by atoms with Crippen molar-refractivity contribution in [2.24, 2.45) is 0 Å². The Kier molecular flexibility index (Phi) is 4.73. The molecule has 1 N–H and O–H groups in total. The second kappa shape index (κ2) is 5.92. The Labute approximate surface area is 111 Å². The molecule has 0 aromatic heterocycles. The summed E-state index contributed by atoms with van der Waals surface area (Å²) in [7, 11) is -5.97. The van der Waals surface area contributed by atoms with Crippen LogP contribution in [0, 0.1) is 0 Å². The Balaban J connectivity index is 2.56. The molecular formula is C10H8F2O7S. The molecule has 0 aliphatic rings. The van der Waals surface area contributed by atoms with Gasteiger partial charge in [-0.1, -0.05) is 18.2 Å². The zero-order valence-corrected chi connectivity index (χ0v) is 10.5. The SMILES string of the molecule is O=C(COC(=O)C(F)(F)S(=O)(=O)O)Oc1ccccc1. The average Bonchev–Trinajstić information content (AvgIpc) is 2.35. The summed E-state index contributed by atoms with van der Waals surface area (Å²) in [6.07, 6.45) is 0. The Bertz CT molecular complexity index is 597. The summed E-state index contributed by atoms with van der Waals surface area (Å²) >= 11 is 0. The van der Waals surface area contributed by atoms with Crippen molar-refractivity contribution in [3.05, 3.63) is 30.3 Å². The van der Waals surface area contributed by atoms with E-state index < -0.39 is 33.9 Å². The topological polar surface area (TPSA) is 107 Å². The maximum absolute atomic E-state index is 12.7. The number of hydrogen-bond acceptors (Lipinski definition) is 6. The van der Waals surface area contributed by atoms with E-state index in [4.69, 9.17) is 4.55 Å². The van der Waals surface area contributed by atoms with Crippen LogP contribution in [0.25, 0.3) is 0 Å². The van der Waals surface area contributed by atoms with E-state index in [0.717, 1.165) is 0 Å². The van der Waals surface area contributed by atoms with E-state index in [-0.39, 0.29) is 5.75 Å². The van der Waals surface area contributed by atoms with Gasteiger partial charge in [0.25, 0.3) is 0 Å². The van der Waals surface area contributed by atoms with E-state index in [1.165, 1.54) is 24.3 Å². The van der Waals surface area contributed by atoms with Crippen molar-refractivity contribution in [2.45, 2.75) is 5.25 Å². The lowest BCUT2D eigenvalue weighted by atomic mass is 10.3. The predicted octanol–water partition coefficient (Wildman–Crippen LogP) is 0.616. The van der Waals surface area contributed by atoms with Gasteiger partial charge in [-0.2, -0.15) is 17.2 Å². The van der Waals surface area contributed by atoms with Gasteiger partial charge in [0.05, 0.1) is 0 Å². The summed E-state index contributed by atoms with van der Waals surface area (Å²) in [5.41, 5.74) is 0. The molecule has 0 fully saturated rings. The number of ether oxygens (including phenoxy) is 2. The zero-order chi connectivity index (χ0) is 15.4. The fourth-order valence-corrected chi connectivity index (χ4v) is 1.23. The van der Waals surface area contributed by atoms with Gasteiger partial charge in [-0.15, -0.1) is 0 Å². The highest BCUT2D eigenvalue weighted by Gasteiger charge is 2.54. The molecule has 10 heteroatoms. The van der Waals surface area contributed by atoms with Crippen LogP contribution in [0.4, 0.5) is 8.78 Å². The van der Waals surface area contributed by atoms with Gasteiger partial charge in [0.1, 0.15) is 5.75 Å². The highest BCUT2D eigenvalue weighted by atomic mass is 32.2. The standard InChI is InChI=1S/C10H8F2O7S/c11-10(12,20(15,16)17)9(14)18-6-8(13)19-7-4-2-1-3-5-7/h1-5H,6H2,(H,15,16,17). The molecule has 1 aromatic carbocycles. The van der Waals surface area contributed by atoms with Gasteiger partial charge in [0.15, 0.2) is 6.61 Å². The number of halogens is 2. The van der Waals surface area contributed by atoms with Crippen LogP contribution in [0.1, 0.15) is 0 Å². The molecule has 0 bridgehead atoms. The van der Waals surface area contributed by atoms with E-state index in [1.807, 2.05) is 0 Å². The van der Waals surface area contributed by atoms with Crippen molar-refractivity contribution in [1.29, 1.82) is 0 Å². The van der Waals surface area contributed by atoms with Crippen LogP contribution < -0.4 is 4.74 Å². The molecule has 1 rings (SSSR count). The number of rotatable bonds is 5. The molecule has 0 atom stereocenters. The van der Waals surface area contributed by atoms with Crippen molar-refractivity contribution in [1.82, 2.24) is 0 Å². The number of para-hydroxylation sites is 1. The van der Waals surface area contributed by atoms with Crippen LogP contribution in [-0.4, -0.2) is 36.8 Å². The van der Waals surface area contributed by atoms with Crippen molar-refractivity contribution < 1.29 is 40.8 Å². The first-order valence-corrected chi connectivity index (χ1v) is 6.36. The third-order valence-corrected chi connectivity index (χ3v) is 2.67. The lowest BCUT2D eigenvalue weighted by molar-refractivity contribution is -0.166.